The van der Waals surface area contributed by atoms with Gasteiger partial charge >= 0.3 is 30.9 Å². The zero-order valence-electron chi connectivity index (χ0n) is 44.3. The van der Waals surface area contributed by atoms with Crippen molar-refractivity contribution in [3.05, 3.63) is 186 Å². The van der Waals surface area contributed by atoms with Gasteiger partial charge in [0, 0.05) is 81.4 Å². The van der Waals surface area contributed by atoms with Gasteiger partial charge in [0.1, 0.15) is 46.0 Å². The van der Waals surface area contributed by atoms with Crippen LogP contribution in [0.2, 0.25) is 0 Å². The molecule has 0 atom stereocenters. The maximum Gasteiger partial charge on any atom is 0.416 e. The molecule has 0 radical (unpaired) electrons. The minimum atomic E-state index is -5.01. The van der Waals surface area contributed by atoms with Crippen molar-refractivity contribution in [3.63, 3.8) is 0 Å². The van der Waals surface area contributed by atoms with Crippen molar-refractivity contribution in [2.45, 2.75) is 30.9 Å². The summed E-state index contributed by atoms with van der Waals surface area (Å²) in [5.74, 6) is -1.65. The van der Waals surface area contributed by atoms with Crippen LogP contribution in [0.25, 0.3) is 20.2 Å². The molecule has 6 aliphatic heterocycles. The first-order chi connectivity index (χ1) is 42.2. The molecule has 0 bridgehead atoms. The van der Waals surface area contributed by atoms with Crippen molar-refractivity contribution >= 4 is 145 Å². The molecular formula is C63H26B3F15N2O4S2. The van der Waals surface area contributed by atoms with E-state index in [2.05, 4.69) is 0 Å². The zero-order chi connectivity index (χ0) is 61.5. The summed E-state index contributed by atoms with van der Waals surface area (Å²) in [5, 5.41) is -0.0564. The Bertz CT molecular complexity index is 4670. The van der Waals surface area contributed by atoms with E-state index in [4.69, 9.17) is 18.9 Å². The highest BCUT2D eigenvalue weighted by atomic mass is 32.1. The third-order valence-electron chi connectivity index (χ3n) is 17.1. The lowest BCUT2D eigenvalue weighted by Crippen LogP contribution is -2.64. The van der Waals surface area contributed by atoms with E-state index in [0.29, 0.717) is 41.3 Å². The summed E-state index contributed by atoms with van der Waals surface area (Å²) in [7, 11) is 0. The number of alkyl halides is 15. The maximum atomic E-state index is 15.2. The number of hydrogen-bond donors (Lipinski definition) is 0. The number of fused-ring (bicyclic) bond motifs is 16. The molecule has 0 fully saturated rings. The molecule has 6 aliphatic rings. The molecular weight excluding hydrogens is 1230 g/mol. The van der Waals surface area contributed by atoms with Crippen LogP contribution in [0.5, 0.6) is 46.0 Å². The molecule has 0 saturated heterocycles. The molecule has 438 valence electrons. The zero-order valence-corrected chi connectivity index (χ0v) is 45.9. The van der Waals surface area contributed by atoms with Crippen molar-refractivity contribution in [2.75, 3.05) is 9.80 Å². The van der Waals surface area contributed by atoms with E-state index in [-0.39, 0.29) is 107 Å². The van der Waals surface area contributed by atoms with Gasteiger partial charge in [0.25, 0.3) is 20.1 Å². The van der Waals surface area contributed by atoms with Crippen LogP contribution >= 0.6 is 22.7 Å². The van der Waals surface area contributed by atoms with Crippen LogP contribution in [-0.4, -0.2) is 20.1 Å². The predicted molar refractivity (Wildman–Crippen MR) is 312 cm³/mol. The summed E-state index contributed by atoms with van der Waals surface area (Å²) in [6.45, 7) is -3.34. The van der Waals surface area contributed by atoms with E-state index in [0.717, 1.165) is 83.3 Å². The molecule has 2 aromatic heterocycles. The first-order valence-electron chi connectivity index (χ1n) is 27.0. The van der Waals surface area contributed by atoms with Crippen LogP contribution < -0.4 is 76.5 Å². The topological polar surface area (TPSA) is 43.4 Å². The summed E-state index contributed by atoms with van der Waals surface area (Å²) in [6, 6.07) is 33.8. The Labute approximate surface area is 499 Å². The Morgan fingerprint density at radius 3 is 1.03 bits per heavy atom. The van der Waals surface area contributed by atoms with E-state index >= 15 is 39.5 Å². The number of nitrogens with zero attached hydrogens (tertiary/aromatic N) is 2. The molecule has 0 amide bonds. The largest absolute Gasteiger partial charge is 0.458 e. The highest BCUT2D eigenvalue weighted by Gasteiger charge is 2.52. The van der Waals surface area contributed by atoms with Crippen LogP contribution in [0.1, 0.15) is 27.8 Å². The second-order valence-electron chi connectivity index (χ2n) is 22.1. The minimum absolute atomic E-state index is 0.0282. The molecule has 0 spiro atoms. The van der Waals surface area contributed by atoms with Gasteiger partial charge in [-0.3, -0.25) is 0 Å². The summed E-state index contributed by atoms with van der Waals surface area (Å²) in [4.78, 5) is 3.05. The van der Waals surface area contributed by atoms with Gasteiger partial charge < -0.3 is 28.7 Å². The summed E-state index contributed by atoms with van der Waals surface area (Å²) >= 11 is 2.12. The highest BCUT2D eigenvalue weighted by molar-refractivity contribution is 7.34. The molecule has 0 saturated carbocycles. The molecule has 11 aromatic rings. The van der Waals surface area contributed by atoms with Gasteiger partial charge in [0.15, 0.2) is 0 Å². The average Bonchev–Trinajstić information content (AvgIpc) is 1.65. The molecule has 17 rings (SSSR count). The smallest absolute Gasteiger partial charge is 0.416 e. The minimum Gasteiger partial charge on any atom is -0.458 e. The van der Waals surface area contributed by atoms with Gasteiger partial charge in [-0.15, -0.1) is 22.7 Å². The first kappa shape index (κ1) is 54.0. The SMILES string of the molecule is FC(F)(F)c1cc2c3c(c1)Oc1cc4c(cc1B3c1cc3c(cc1O2)N(c1ccccc1)c1cc(C(F)(F)F)cc2c1B3c1sc3ccc(C(F)(F)F)cc3c1O2)B1c2sc3ccc(C(F)(F)F)cc3c2Oc2cc(C(F)(F)F)cc(c21)N4c1ccccc1. The van der Waals surface area contributed by atoms with Gasteiger partial charge in [-0.2, -0.15) is 65.9 Å². The highest BCUT2D eigenvalue weighted by Crippen LogP contribution is 2.52. The maximum absolute atomic E-state index is 15.2. The normalized spacial score (nSPS) is 14.9. The van der Waals surface area contributed by atoms with E-state index in [1.807, 2.05) is 0 Å². The molecule has 8 heterocycles. The number of thiophene rings is 2. The molecule has 9 aromatic carbocycles. The fourth-order valence-corrected chi connectivity index (χ4v) is 15.9. The van der Waals surface area contributed by atoms with Crippen molar-refractivity contribution in [1.29, 1.82) is 0 Å². The van der Waals surface area contributed by atoms with Crippen LogP contribution in [-0.2, 0) is 30.9 Å². The Kier molecular flexibility index (Phi) is 10.8. The molecule has 0 unspecified atom stereocenters. The number of para-hydroxylation sites is 2. The molecule has 89 heavy (non-hydrogen) atoms. The lowest BCUT2D eigenvalue weighted by atomic mass is 9.31. The fraction of sp³-hybridized carbons (Fsp3) is 0.0794. The first-order valence-corrected chi connectivity index (χ1v) is 28.7. The lowest BCUT2D eigenvalue weighted by Gasteiger charge is -2.42. The predicted octanol–water partition coefficient (Wildman–Crippen LogP) is 14.7. The van der Waals surface area contributed by atoms with Gasteiger partial charge in [-0.05, 0) is 130 Å². The van der Waals surface area contributed by atoms with E-state index in [1.54, 1.807) is 72.8 Å². The van der Waals surface area contributed by atoms with Crippen molar-refractivity contribution < 1.29 is 84.8 Å². The summed E-state index contributed by atoms with van der Waals surface area (Å²) in [5.41, 5.74) is -2.86. The Balaban J connectivity index is 0.955. The van der Waals surface area contributed by atoms with Crippen molar-refractivity contribution in [1.82, 2.24) is 0 Å². The van der Waals surface area contributed by atoms with Gasteiger partial charge in [0.05, 0.1) is 27.8 Å². The number of anilines is 6. The fourth-order valence-electron chi connectivity index (χ4n) is 13.5. The van der Waals surface area contributed by atoms with Crippen LogP contribution in [0.3, 0.4) is 0 Å². The van der Waals surface area contributed by atoms with E-state index < -0.39 is 78.8 Å². The lowest BCUT2D eigenvalue weighted by molar-refractivity contribution is -0.138. The monoisotopic (exact) mass is 1260 g/mol. The Morgan fingerprint density at radius 1 is 0.303 bits per heavy atom. The standard InChI is InChI=1S/C63H26B3F15N2O4S2/c67-59(68,69)27-11-13-50-34(15-27)55-57(88-50)65-36-23-38-44(25-40(36)82(32-7-3-1-4-8-32)42-17-29(61(73,74)75)19-46(86-55)52(42)65)84-48-21-31(63(79,80)81)22-49-54(48)64(38)39-24-37-41(26-45(39)85-49)83(33-9-5-2-6-10-33)43-18-30(62(76,77)78)20-47-53(43)66(37)58-56(87-47)35-16-28(60(70,71)72)12-14-51(35)89-58/h1-26H. The molecule has 26 heteroatoms. The van der Waals surface area contributed by atoms with Gasteiger partial charge in [0.2, 0.25) is 0 Å². The number of rotatable bonds is 2. The van der Waals surface area contributed by atoms with Gasteiger partial charge in [-0.25, -0.2) is 0 Å². The second-order valence-corrected chi connectivity index (χ2v) is 24.3. The Hall–Kier alpha value is -9.16. The molecule has 6 nitrogen and oxygen atoms in total. The Morgan fingerprint density at radius 2 is 0.663 bits per heavy atom. The number of ether oxygens (including phenoxy) is 4. The molecule has 0 N–H and O–H groups in total. The number of hydrogen-bond acceptors (Lipinski definition) is 8. The third-order valence-corrected chi connectivity index (χ3v) is 19.6. The van der Waals surface area contributed by atoms with Gasteiger partial charge in [-0.1, -0.05) is 48.5 Å². The van der Waals surface area contributed by atoms with Crippen LogP contribution in [0.15, 0.2) is 158 Å². The summed E-state index contributed by atoms with van der Waals surface area (Å²) in [6.07, 6.45) is -24.7. The van der Waals surface area contributed by atoms with Crippen LogP contribution in [0, 0.1) is 0 Å². The van der Waals surface area contributed by atoms with Crippen molar-refractivity contribution in [2.24, 2.45) is 0 Å². The van der Waals surface area contributed by atoms with Crippen LogP contribution in [0.4, 0.5) is 100.0 Å². The number of benzene rings is 9. The third kappa shape index (κ3) is 7.89. The summed E-state index contributed by atoms with van der Waals surface area (Å²) < 4.78 is 251. The van der Waals surface area contributed by atoms with Crippen molar-refractivity contribution in [3.8, 4) is 46.0 Å². The average molecular weight is 1260 g/mol. The quantitative estimate of drug-likeness (QED) is 0.127. The van der Waals surface area contributed by atoms with E-state index in [9.17, 15) is 26.3 Å². The molecule has 0 aliphatic carbocycles. The number of halogens is 15. The van der Waals surface area contributed by atoms with E-state index in [1.165, 1.54) is 34.1 Å². The second kappa shape index (κ2) is 17.8.